The molecule has 0 bridgehead atoms. The van der Waals surface area contributed by atoms with Gasteiger partial charge in [0.15, 0.2) is 5.76 Å². The van der Waals surface area contributed by atoms with Gasteiger partial charge in [0.1, 0.15) is 12.7 Å². The van der Waals surface area contributed by atoms with E-state index in [-0.39, 0.29) is 36.6 Å². The molecule has 8 heteroatoms. The Kier molecular flexibility index (Phi) is 5.65. The molecule has 0 aliphatic heterocycles. The third-order valence-corrected chi connectivity index (χ3v) is 4.40. The first-order valence-corrected chi connectivity index (χ1v) is 8.58. The van der Waals surface area contributed by atoms with Crippen molar-refractivity contribution in [2.45, 2.75) is 19.4 Å². The minimum Gasteiger partial charge on any atom is -0.459 e. The van der Waals surface area contributed by atoms with Gasteiger partial charge >= 0.3 is 0 Å². The van der Waals surface area contributed by atoms with E-state index in [1.165, 1.54) is 12.6 Å². The Bertz CT molecular complexity index is 873. The molecule has 3 aromatic rings. The lowest BCUT2D eigenvalue weighted by Crippen LogP contribution is -2.33. The Balaban J connectivity index is 1.52. The van der Waals surface area contributed by atoms with Crippen molar-refractivity contribution in [3.63, 3.8) is 0 Å². The summed E-state index contributed by atoms with van der Waals surface area (Å²) >= 11 is 0. The summed E-state index contributed by atoms with van der Waals surface area (Å²) in [5, 5.41) is 6.77. The Morgan fingerprint density at radius 1 is 1.26 bits per heavy atom. The lowest BCUT2D eigenvalue weighted by atomic mass is 10.1. The molecule has 2 amide bonds. The van der Waals surface area contributed by atoms with Gasteiger partial charge in [0.2, 0.25) is 5.91 Å². The lowest BCUT2D eigenvalue weighted by Gasteiger charge is -2.25. The molecule has 0 aliphatic rings. The van der Waals surface area contributed by atoms with Crippen molar-refractivity contribution in [1.29, 1.82) is 0 Å². The third kappa shape index (κ3) is 4.41. The number of amides is 2. The summed E-state index contributed by atoms with van der Waals surface area (Å²) in [7, 11) is 1.76. The van der Waals surface area contributed by atoms with Crippen molar-refractivity contribution in [3.05, 3.63) is 66.6 Å². The maximum atomic E-state index is 12.4. The number of furan rings is 1. The highest BCUT2D eigenvalue weighted by Crippen LogP contribution is 2.20. The first-order valence-electron chi connectivity index (χ1n) is 8.58. The molecule has 8 nitrogen and oxygen atoms in total. The van der Waals surface area contributed by atoms with Crippen LogP contribution in [0.4, 0.5) is 0 Å². The highest BCUT2D eigenvalue weighted by atomic mass is 16.3. The first kappa shape index (κ1) is 18.4. The maximum Gasteiger partial charge on any atom is 0.286 e. The predicted octanol–water partition coefficient (Wildman–Crippen LogP) is 2.20. The van der Waals surface area contributed by atoms with Crippen LogP contribution < -0.4 is 5.32 Å². The van der Waals surface area contributed by atoms with Crippen molar-refractivity contribution < 1.29 is 14.0 Å². The minimum atomic E-state index is -0.327. The normalized spacial score (nSPS) is 11.8. The summed E-state index contributed by atoms with van der Waals surface area (Å²) in [6.45, 7) is 2.21. The van der Waals surface area contributed by atoms with Crippen LogP contribution in [-0.4, -0.2) is 45.1 Å². The molecule has 0 spiro atoms. The van der Waals surface area contributed by atoms with Crippen LogP contribution in [0.2, 0.25) is 0 Å². The second kappa shape index (κ2) is 8.31. The SMILES string of the molecule is CC(c1ccc(-n2cncn2)cc1)N(C)C(=O)CCNC(=O)c1ccco1. The van der Waals surface area contributed by atoms with E-state index in [0.717, 1.165) is 11.3 Å². The second-order valence-electron chi connectivity index (χ2n) is 6.10. The fraction of sp³-hybridized carbons (Fsp3) is 0.263. The highest BCUT2D eigenvalue weighted by molar-refractivity contribution is 5.91. The number of carbonyl (C=O) groups excluding carboxylic acids is 2. The maximum absolute atomic E-state index is 12.4. The minimum absolute atomic E-state index is 0.0532. The van der Waals surface area contributed by atoms with Crippen LogP contribution in [0, 0.1) is 0 Å². The standard InChI is InChI=1S/C19H21N5O3/c1-14(15-5-7-16(8-6-15)24-13-20-12-22-24)23(2)18(25)9-10-21-19(26)17-4-3-11-27-17/h3-8,11-14H,9-10H2,1-2H3,(H,21,26). The van der Waals surface area contributed by atoms with Gasteiger partial charge in [-0.2, -0.15) is 5.10 Å². The van der Waals surface area contributed by atoms with Crippen molar-refractivity contribution in [2.24, 2.45) is 0 Å². The summed E-state index contributed by atoms with van der Waals surface area (Å²) in [6, 6.07) is 10.9. The van der Waals surface area contributed by atoms with Crippen molar-refractivity contribution in [1.82, 2.24) is 25.0 Å². The monoisotopic (exact) mass is 367 g/mol. The van der Waals surface area contributed by atoms with Crippen molar-refractivity contribution >= 4 is 11.8 Å². The van der Waals surface area contributed by atoms with Gasteiger partial charge in [-0.1, -0.05) is 12.1 Å². The van der Waals surface area contributed by atoms with E-state index >= 15 is 0 Å². The van der Waals surface area contributed by atoms with Crippen LogP contribution in [0.15, 0.2) is 59.7 Å². The largest absolute Gasteiger partial charge is 0.459 e. The van der Waals surface area contributed by atoms with Gasteiger partial charge in [-0.05, 0) is 36.8 Å². The fourth-order valence-corrected chi connectivity index (χ4v) is 2.64. The number of benzene rings is 1. The molecule has 1 unspecified atom stereocenters. The van der Waals surface area contributed by atoms with Crippen LogP contribution in [0.5, 0.6) is 0 Å². The summed E-state index contributed by atoms with van der Waals surface area (Å²) in [5.41, 5.74) is 1.91. The average Bonchev–Trinajstić information content (AvgIpc) is 3.40. The van der Waals surface area contributed by atoms with Gasteiger partial charge in [0.05, 0.1) is 18.0 Å². The van der Waals surface area contributed by atoms with Gasteiger partial charge in [0, 0.05) is 20.0 Å². The molecule has 1 N–H and O–H groups in total. The topological polar surface area (TPSA) is 93.3 Å². The summed E-state index contributed by atoms with van der Waals surface area (Å²) in [6.07, 6.45) is 4.76. The lowest BCUT2D eigenvalue weighted by molar-refractivity contribution is -0.131. The summed E-state index contributed by atoms with van der Waals surface area (Å²) in [5.74, 6) is -0.147. The van der Waals surface area contributed by atoms with Crippen molar-refractivity contribution in [2.75, 3.05) is 13.6 Å². The van der Waals surface area contributed by atoms with Crippen LogP contribution in [-0.2, 0) is 4.79 Å². The molecular formula is C19H21N5O3. The third-order valence-electron chi connectivity index (χ3n) is 4.40. The Morgan fingerprint density at radius 2 is 2.04 bits per heavy atom. The number of rotatable bonds is 7. The highest BCUT2D eigenvalue weighted by Gasteiger charge is 2.18. The Morgan fingerprint density at radius 3 is 2.67 bits per heavy atom. The molecule has 0 saturated carbocycles. The molecule has 2 aromatic heterocycles. The van der Waals surface area contributed by atoms with Gasteiger partial charge in [-0.25, -0.2) is 9.67 Å². The quantitative estimate of drug-likeness (QED) is 0.691. The molecule has 27 heavy (non-hydrogen) atoms. The summed E-state index contributed by atoms with van der Waals surface area (Å²) < 4.78 is 6.69. The average molecular weight is 367 g/mol. The number of nitrogens with zero attached hydrogens (tertiary/aromatic N) is 4. The van der Waals surface area contributed by atoms with Crippen LogP contribution >= 0.6 is 0 Å². The van der Waals surface area contributed by atoms with Gasteiger partial charge < -0.3 is 14.6 Å². The van der Waals surface area contributed by atoms with Crippen LogP contribution in [0.25, 0.3) is 5.69 Å². The summed E-state index contributed by atoms with van der Waals surface area (Å²) in [4.78, 5) is 29.8. The molecule has 0 radical (unpaired) electrons. The molecule has 1 aromatic carbocycles. The van der Waals surface area contributed by atoms with E-state index in [4.69, 9.17) is 4.42 Å². The second-order valence-corrected chi connectivity index (χ2v) is 6.10. The molecule has 140 valence electrons. The smallest absolute Gasteiger partial charge is 0.286 e. The zero-order chi connectivity index (χ0) is 19.2. The van der Waals surface area contributed by atoms with Crippen LogP contribution in [0.1, 0.15) is 35.5 Å². The zero-order valence-electron chi connectivity index (χ0n) is 15.2. The fourth-order valence-electron chi connectivity index (χ4n) is 2.64. The van der Waals surface area contributed by atoms with Gasteiger partial charge in [-0.15, -0.1) is 0 Å². The van der Waals surface area contributed by atoms with E-state index < -0.39 is 0 Å². The zero-order valence-corrected chi connectivity index (χ0v) is 15.2. The molecular weight excluding hydrogens is 346 g/mol. The van der Waals surface area contributed by atoms with Crippen molar-refractivity contribution in [3.8, 4) is 5.69 Å². The van der Waals surface area contributed by atoms with E-state index in [1.54, 1.807) is 35.1 Å². The first-order chi connectivity index (χ1) is 13.1. The number of aromatic nitrogens is 3. The van der Waals surface area contributed by atoms with E-state index in [2.05, 4.69) is 15.4 Å². The van der Waals surface area contributed by atoms with E-state index in [1.807, 2.05) is 31.2 Å². The van der Waals surface area contributed by atoms with E-state index in [9.17, 15) is 9.59 Å². The number of nitrogens with one attached hydrogen (secondary N) is 1. The van der Waals surface area contributed by atoms with Crippen LogP contribution in [0.3, 0.4) is 0 Å². The van der Waals surface area contributed by atoms with Gasteiger partial charge in [-0.3, -0.25) is 9.59 Å². The Hall–Kier alpha value is -3.42. The molecule has 0 fully saturated rings. The molecule has 3 rings (SSSR count). The predicted molar refractivity (Wildman–Crippen MR) is 98.2 cm³/mol. The Labute approximate surface area is 156 Å². The molecule has 2 heterocycles. The van der Waals surface area contributed by atoms with E-state index in [0.29, 0.717) is 0 Å². The number of hydrogen-bond donors (Lipinski definition) is 1. The number of carbonyl (C=O) groups is 2. The van der Waals surface area contributed by atoms with Gasteiger partial charge in [0.25, 0.3) is 5.91 Å². The molecule has 0 saturated heterocycles. The molecule has 0 aliphatic carbocycles. The number of hydrogen-bond acceptors (Lipinski definition) is 5. The molecule has 1 atom stereocenters.